The van der Waals surface area contributed by atoms with E-state index >= 15 is 0 Å². The van der Waals surface area contributed by atoms with Gasteiger partial charge in [0.25, 0.3) is 11.6 Å². The molecule has 0 aliphatic carbocycles. The van der Waals surface area contributed by atoms with Gasteiger partial charge in [-0.15, -0.1) is 0 Å². The number of benzene rings is 2. The molecule has 0 fully saturated rings. The van der Waals surface area contributed by atoms with Crippen molar-refractivity contribution in [1.82, 2.24) is 0 Å². The lowest BCUT2D eigenvalue weighted by molar-refractivity contribution is -0.384. The number of fused-ring (bicyclic) bond motifs is 1. The van der Waals surface area contributed by atoms with Gasteiger partial charge < -0.3 is 4.90 Å². The highest BCUT2D eigenvalue weighted by Crippen LogP contribution is 2.26. The van der Waals surface area contributed by atoms with Crippen LogP contribution in [0.25, 0.3) is 6.08 Å². The number of amides is 1. The molecule has 2 aromatic rings. The Kier molecular flexibility index (Phi) is 4.47. The van der Waals surface area contributed by atoms with Crippen LogP contribution >= 0.6 is 0 Å². The summed E-state index contributed by atoms with van der Waals surface area (Å²) in [6, 6.07) is 14.0. The lowest BCUT2D eigenvalue weighted by Gasteiger charge is -2.20. The van der Waals surface area contributed by atoms with Crippen LogP contribution in [0.3, 0.4) is 0 Å². The van der Waals surface area contributed by atoms with Crippen molar-refractivity contribution in [3.8, 4) is 0 Å². The molecule has 120 valence electrons. The van der Waals surface area contributed by atoms with Crippen LogP contribution in [0, 0.1) is 10.1 Å². The fourth-order valence-electron chi connectivity index (χ4n) is 2.50. The molecule has 1 heterocycles. The van der Waals surface area contributed by atoms with Crippen molar-refractivity contribution >= 4 is 29.6 Å². The van der Waals surface area contributed by atoms with Crippen LogP contribution in [0.1, 0.15) is 11.1 Å². The van der Waals surface area contributed by atoms with Gasteiger partial charge in [0, 0.05) is 36.5 Å². The van der Waals surface area contributed by atoms with Gasteiger partial charge in [-0.1, -0.05) is 30.3 Å². The summed E-state index contributed by atoms with van der Waals surface area (Å²) < 4.78 is 0. The third-order valence-corrected chi connectivity index (χ3v) is 3.68. The largest absolute Gasteiger partial charge is 0.306 e. The van der Waals surface area contributed by atoms with Crippen LogP contribution < -0.4 is 4.90 Å². The maximum absolute atomic E-state index is 12.6. The van der Waals surface area contributed by atoms with Gasteiger partial charge in [-0.05, 0) is 17.7 Å². The zero-order valence-electron chi connectivity index (χ0n) is 12.8. The molecule has 1 aliphatic rings. The van der Waals surface area contributed by atoms with Crippen LogP contribution in [0.4, 0.5) is 11.4 Å². The molecule has 0 aromatic heterocycles. The van der Waals surface area contributed by atoms with Crippen molar-refractivity contribution in [1.29, 1.82) is 0 Å². The Hall–Kier alpha value is -3.28. The van der Waals surface area contributed by atoms with E-state index in [1.54, 1.807) is 23.3 Å². The Balaban J connectivity index is 1.88. The van der Waals surface area contributed by atoms with E-state index in [0.29, 0.717) is 24.3 Å². The van der Waals surface area contributed by atoms with Gasteiger partial charge in [0.1, 0.15) is 0 Å². The third kappa shape index (κ3) is 3.38. The second-order valence-corrected chi connectivity index (χ2v) is 5.27. The molecule has 24 heavy (non-hydrogen) atoms. The highest BCUT2D eigenvalue weighted by molar-refractivity contribution is 6.07. The van der Waals surface area contributed by atoms with Crippen molar-refractivity contribution < 1.29 is 9.72 Å². The molecule has 0 saturated heterocycles. The van der Waals surface area contributed by atoms with E-state index in [1.165, 1.54) is 18.2 Å². The fourth-order valence-corrected chi connectivity index (χ4v) is 2.50. The molecule has 0 N–H and O–H groups in total. The van der Waals surface area contributed by atoms with Gasteiger partial charge in [0.15, 0.2) is 0 Å². The number of nitro groups is 1. The van der Waals surface area contributed by atoms with Crippen LogP contribution in [-0.4, -0.2) is 30.1 Å². The van der Waals surface area contributed by atoms with Gasteiger partial charge >= 0.3 is 0 Å². The summed E-state index contributed by atoms with van der Waals surface area (Å²) in [5.41, 5.74) is 2.11. The lowest BCUT2D eigenvalue weighted by Crippen LogP contribution is -2.31. The van der Waals surface area contributed by atoms with Crippen LogP contribution in [0.15, 0.2) is 59.6 Å². The Morgan fingerprint density at radius 1 is 1.21 bits per heavy atom. The number of hydrogen-bond donors (Lipinski definition) is 0. The van der Waals surface area contributed by atoms with Crippen molar-refractivity contribution in [2.45, 2.75) is 0 Å². The minimum absolute atomic E-state index is 0.0191. The molecule has 6 heteroatoms. The Morgan fingerprint density at radius 3 is 2.75 bits per heavy atom. The van der Waals surface area contributed by atoms with E-state index in [2.05, 4.69) is 4.99 Å². The van der Waals surface area contributed by atoms with Gasteiger partial charge in [-0.25, -0.2) is 0 Å². The summed E-state index contributed by atoms with van der Waals surface area (Å²) in [6.07, 6.45) is 4.83. The minimum atomic E-state index is -0.458. The second kappa shape index (κ2) is 6.87. The van der Waals surface area contributed by atoms with Gasteiger partial charge in [-0.3, -0.25) is 19.9 Å². The fraction of sp³-hybridized carbons (Fsp3) is 0.111. The predicted molar refractivity (Wildman–Crippen MR) is 93.4 cm³/mol. The third-order valence-electron chi connectivity index (χ3n) is 3.68. The first kappa shape index (κ1) is 15.6. The van der Waals surface area contributed by atoms with E-state index < -0.39 is 4.92 Å². The number of anilines is 1. The molecule has 1 amide bonds. The van der Waals surface area contributed by atoms with Crippen LogP contribution in [0.5, 0.6) is 0 Å². The summed E-state index contributed by atoms with van der Waals surface area (Å²) in [6.45, 7) is 0.882. The molecular weight excluding hydrogens is 306 g/mol. The van der Waals surface area contributed by atoms with Gasteiger partial charge in [-0.2, -0.15) is 0 Å². The molecule has 0 saturated carbocycles. The monoisotopic (exact) mass is 321 g/mol. The summed E-state index contributed by atoms with van der Waals surface area (Å²) in [4.78, 5) is 28.8. The molecule has 0 spiro atoms. The van der Waals surface area contributed by atoms with E-state index in [4.69, 9.17) is 0 Å². The zero-order valence-corrected chi connectivity index (χ0v) is 12.8. The second-order valence-electron chi connectivity index (χ2n) is 5.27. The molecule has 3 rings (SSSR count). The van der Waals surface area contributed by atoms with E-state index in [-0.39, 0.29) is 11.6 Å². The minimum Gasteiger partial charge on any atom is -0.306 e. The summed E-state index contributed by atoms with van der Waals surface area (Å²) in [5, 5.41) is 10.9. The summed E-state index contributed by atoms with van der Waals surface area (Å²) in [5.74, 6) is -0.181. The van der Waals surface area contributed by atoms with Crippen LogP contribution in [0.2, 0.25) is 0 Å². The molecule has 1 aliphatic heterocycles. The lowest BCUT2D eigenvalue weighted by atomic mass is 10.1. The number of rotatable bonds is 3. The number of aliphatic imine (C=N–C) groups is 1. The average Bonchev–Trinajstić information content (AvgIpc) is 2.82. The number of non-ortho nitro benzene ring substituents is 1. The summed E-state index contributed by atoms with van der Waals surface area (Å²) >= 11 is 0. The normalized spacial score (nSPS) is 13.6. The van der Waals surface area contributed by atoms with Crippen molar-refractivity contribution in [2.75, 3.05) is 18.0 Å². The molecule has 6 nitrogen and oxygen atoms in total. The van der Waals surface area contributed by atoms with Crippen molar-refractivity contribution in [3.05, 3.63) is 75.8 Å². The first-order chi connectivity index (χ1) is 11.6. The van der Waals surface area contributed by atoms with E-state index in [1.807, 2.05) is 30.3 Å². The molecule has 0 radical (unpaired) electrons. The zero-order chi connectivity index (χ0) is 16.9. The SMILES string of the molecule is O=C(/C=C/c1ccccc1)N1CCN=Cc2cc([N+](=O)[O-])ccc21. The maximum Gasteiger partial charge on any atom is 0.270 e. The van der Waals surface area contributed by atoms with Crippen molar-refractivity contribution in [2.24, 2.45) is 4.99 Å². The number of carbonyl (C=O) groups is 1. The Bertz CT molecular complexity index is 829. The topological polar surface area (TPSA) is 75.8 Å². The van der Waals surface area contributed by atoms with Gasteiger partial charge in [0.05, 0.1) is 17.2 Å². The van der Waals surface area contributed by atoms with E-state index in [9.17, 15) is 14.9 Å². The highest BCUT2D eigenvalue weighted by atomic mass is 16.6. The maximum atomic E-state index is 12.6. The molecule has 0 unspecified atom stereocenters. The molecular formula is C18H15N3O3. The number of nitrogens with zero attached hydrogens (tertiary/aromatic N) is 3. The number of carbonyl (C=O) groups excluding carboxylic acids is 1. The molecule has 0 atom stereocenters. The Morgan fingerprint density at radius 2 is 2.00 bits per heavy atom. The predicted octanol–water partition coefficient (Wildman–Crippen LogP) is 3.07. The standard InChI is InChI=1S/C18H15N3O3/c22-18(9-6-14-4-2-1-3-5-14)20-11-10-19-13-15-12-16(21(23)24)7-8-17(15)20/h1-9,12-13H,10-11H2/b9-6+. The quantitative estimate of drug-likeness (QED) is 0.495. The first-order valence-corrected chi connectivity index (χ1v) is 7.48. The Labute approximate surface area is 138 Å². The molecule has 2 aromatic carbocycles. The summed E-state index contributed by atoms with van der Waals surface area (Å²) in [7, 11) is 0. The average molecular weight is 321 g/mol. The van der Waals surface area contributed by atoms with Gasteiger partial charge in [0.2, 0.25) is 0 Å². The first-order valence-electron chi connectivity index (χ1n) is 7.48. The number of nitro benzene ring substituents is 1. The molecule has 0 bridgehead atoms. The number of hydrogen-bond acceptors (Lipinski definition) is 4. The van der Waals surface area contributed by atoms with Crippen molar-refractivity contribution in [3.63, 3.8) is 0 Å². The highest BCUT2D eigenvalue weighted by Gasteiger charge is 2.20. The number of benzodiazepines with no additional fused rings is 1. The van der Waals surface area contributed by atoms with E-state index in [0.717, 1.165) is 5.56 Å². The smallest absolute Gasteiger partial charge is 0.270 e. The van der Waals surface area contributed by atoms with Crippen LogP contribution in [-0.2, 0) is 4.79 Å².